The Morgan fingerprint density at radius 2 is 1.95 bits per heavy atom. The summed E-state index contributed by atoms with van der Waals surface area (Å²) >= 11 is 0. The molecule has 1 aromatic carbocycles. The highest BCUT2D eigenvalue weighted by atomic mass is 15.2. The molecule has 0 unspecified atom stereocenters. The van der Waals surface area contributed by atoms with Gasteiger partial charge in [-0.3, -0.25) is 0 Å². The van der Waals surface area contributed by atoms with Crippen molar-refractivity contribution in [2.45, 2.75) is 57.9 Å². The van der Waals surface area contributed by atoms with Gasteiger partial charge in [-0.1, -0.05) is 32.0 Å². The predicted molar refractivity (Wildman–Crippen MR) is 90.7 cm³/mol. The second kappa shape index (κ2) is 6.00. The van der Waals surface area contributed by atoms with Crippen LogP contribution in [0, 0.1) is 11.8 Å². The summed E-state index contributed by atoms with van der Waals surface area (Å²) in [6, 6.07) is 8.96. The van der Waals surface area contributed by atoms with E-state index in [0.29, 0.717) is 0 Å². The first kappa shape index (κ1) is 14.9. The summed E-state index contributed by atoms with van der Waals surface area (Å²) in [6.45, 7) is 6.72. The van der Waals surface area contributed by atoms with Crippen LogP contribution in [0.5, 0.6) is 0 Å². The average Bonchev–Trinajstić information content (AvgIpc) is 2.54. The third kappa shape index (κ3) is 2.70. The smallest absolute Gasteiger partial charge is 0.0524 e. The average molecular weight is 286 g/mol. The minimum atomic E-state index is 0.210. The molecule has 0 atom stereocenters. The Morgan fingerprint density at radius 3 is 2.62 bits per heavy atom. The van der Waals surface area contributed by atoms with Gasteiger partial charge in [-0.25, -0.2) is 0 Å². The maximum atomic E-state index is 6.31. The van der Waals surface area contributed by atoms with Crippen LogP contribution in [0.15, 0.2) is 24.3 Å². The summed E-state index contributed by atoms with van der Waals surface area (Å²) in [5.41, 5.74) is 9.49. The molecule has 1 saturated carbocycles. The Morgan fingerprint density at radius 1 is 1.24 bits per heavy atom. The van der Waals surface area contributed by atoms with Crippen LogP contribution in [-0.2, 0) is 6.42 Å². The third-order valence-electron chi connectivity index (χ3n) is 5.97. The molecule has 2 aliphatic rings. The molecule has 0 amide bonds. The highest BCUT2D eigenvalue weighted by Crippen LogP contribution is 2.43. The molecule has 1 aromatic rings. The highest BCUT2D eigenvalue weighted by Gasteiger charge is 2.41. The zero-order chi connectivity index (χ0) is 14.9. The van der Waals surface area contributed by atoms with Gasteiger partial charge in [0.05, 0.1) is 5.54 Å². The van der Waals surface area contributed by atoms with Crippen LogP contribution in [0.25, 0.3) is 0 Å². The van der Waals surface area contributed by atoms with Gasteiger partial charge in [-0.2, -0.15) is 0 Å². The molecule has 0 radical (unpaired) electrons. The van der Waals surface area contributed by atoms with Crippen molar-refractivity contribution < 1.29 is 0 Å². The molecule has 0 aromatic heterocycles. The predicted octanol–water partition coefficient (Wildman–Crippen LogP) is 3.98. The number of aryl methyl sites for hydroxylation is 1. The second-order valence-corrected chi connectivity index (χ2v) is 7.39. The van der Waals surface area contributed by atoms with E-state index in [9.17, 15) is 0 Å². The van der Waals surface area contributed by atoms with Crippen molar-refractivity contribution in [3.63, 3.8) is 0 Å². The van der Waals surface area contributed by atoms with Crippen LogP contribution >= 0.6 is 0 Å². The molecule has 116 valence electrons. The Labute approximate surface area is 129 Å². The van der Waals surface area contributed by atoms with Gasteiger partial charge < -0.3 is 10.6 Å². The van der Waals surface area contributed by atoms with E-state index in [1.54, 1.807) is 0 Å². The summed E-state index contributed by atoms with van der Waals surface area (Å²) in [5, 5.41) is 0. The molecule has 1 heterocycles. The van der Waals surface area contributed by atoms with E-state index < -0.39 is 0 Å². The number of anilines is 1. The topological polar surface area (TPSA) is 29.3 Å². The monoisotopic (exact) mass is 286 g/mol. The van der Waals surface area contributed by atoms with Gasteiger partial charge in [0, 0.05) is 18.8 Å². The molecule has 1 aliphatic heterocycles. The summed E-state index contributed by atoms with van der Waals surface area (Å²) in [7, 11) is 0. The minimum absolute atomic E-state index is 0.210. The number of nitrogens with zero attached hydrogens (tertiary/aromatic N) is 1. The number of hydrogen-bond donors (Lipinski definition) is 1. The van der Waals surface area contributed by atoms with E-state index in [0.717, 1.165) is 18.4 Å². The van der Waals surface area contributed by atoms with Gasteiger partial charge in [0.2, 0.25) is 0 Å². The first-order chi connectivity index (χ1) is 10.2. The zero-order valence-electron chi connectivity index (χ0n) is 13.6. The fourth-order valence-corrected chi connectivity index (χ4v) is 4.45. The Kier molecular flexibility index (Phi) is 4.26. The van der Waals surface area contributed by atoms with Crippen molar-refractivity contribution in [3.05, 3.63) is 29.8 Å². The number of rotatable bonds is 3. The van der Waals surface area contributed by atoms with Gasteiger partial charge in [0.25, 0.3) is 0 Å². The minimum Gasteiger partial charge on any atom is -0.364 e. The van der Waals surface area contributed by atoms with Crippen LogP contribution in [0.1, 0.15) is 51.5 Å². The van der Waals surface area contributed by atoms with E-state index in [1.807, 2.05) is 0 Å². The maximum Gasteiger partial charge on any atom is 0.0524 e. The number of hydrogen-bond acceptors (Lipinski definition) is 2. The van der Waals surface area contributed by atoms with E-state index in [2.05, 4.69) is 43.0 Å². The largest absolute Gasteiger partial charge is 0.364 e. The lowest BCUT2D eigenvalue weighted by Crippen LogP contribution is -2.57. The molecule has 0 bridgehead atoms. The number of benzene rings is 1. The van der Waals surface area contributed by atoms with Crippen molar-refractivity contribution in [2.24, 2.45) is 17.6 Å². The van der Waals surface area contributed by atoms with Crippen LogP contribution in [0.4, 0.5) is 5.69 Å². The molecule has 2 nitrogen and oxygen atoms in total. The lowest BCUT2D eigenvalue weighted by atomic mass is 9.71. The molecule has 2 heteroatoms. The van der Waals surface area contributed by atoms with Crippen molar-refractivity contribution >= 4 is 5.69 Å². The number of nitrogens with two attached hydrogens (primary N) is 1. The molecule has 3 rings (SSSR count). The Hall–Kier alpha value is -1.02. The molecule has 2 N–H and O–H groups in total. The molecular formula is C19H30N2. The van der Waals surface area contributed by atoms with E-state index in [-0.39, 0.29) is 5.54 Å². The van der Waals surface area contributed by atoms with Crippen molar-refractivity contribution in [1.82, 2.24) is 0 Å². The molecule has 1 fully saturated rings. The summed E-state index contributed by atoms with van der Waals surface area (Å²) < 4.78 is 0. The molecule has 0 saturated heterocycles. The standard InChI is InChI=1S/C19H30N2/c1-15(2)16-9-11-19(14-20,12-10-16)21-13-5-7-17-6-3-4-8-18(17)21/h3-4,6,8,15-16H,5,7,9-14,20H2,1-2H3. The fourth-order valence-electron chi connectivity index (χ4n) is 4.45. The fraction of sp³-hybridized carbons (Fsp3) is 0.684. The SMILES string of the molecule is CC(C)C1CCC(CN)(N2CCCc3ccccc32)CC1. The Balaban J connectivity index is 1.85. The Bertz CT molecular complexity index is 472. The molecule has 1 aliphatic carbocycles. The van der Waals surface area contributed by atoms with Gasteiger partial charge in [0.1, 0.15) is 0 Å². The van der Waals surface area contributed by atoms with Crippen molar-refractivity contribution in [3.8, 4) is 0 Å². The first-order valence-corrected chi connectivity index (χ1v) is 8.72. The molecule has 21 heavy (non-hydrogen) atoms. The quantitative estimate of drug-likeness (QED) is 0.910. The van der Waals surface area contributed by atoms with Gasteiger partial charge >= 0.3 is 0 Å². The van der Waals surface area contributed by atoms with Gasteiger partial charge in [-0.05, 0) is 62.0 Å². The van der Waals surface area contributed by atoms with Crippen LogP contribution in [0.2, 0.25) is 0 Å². The normalized spacial score (nSPS) is 29.5. The molecular weight excluding hydrogens is 256 g/mol. The van der Waals surface area contributed by atoms with Gasteiger partial charge in [-0.15, -0.1) is 0 Å². The third-order valence-corrected chi connectivity index (χ3v) is 5.97. The lowest BCUT2D eigenvalue weighted by molar-refractivity contribution is 0.188. The first-order valence-electron chi connectivity index (χ1n) is 8.72. The van der Waals surface area contributed by atoms with Crippen LogP contribution < -0.4 is 10.6 Å². The van der Waals surface area contributed by atoms with Crippen molar-refractivity contribution in [1.29, 1.82) is 0 Å². The lowest BCUT2D eigenvalue weighted by Gasteiger charge is -2.51. The summed E-state index contributed by atoms with van der Waals surface area (Å²) in [4.78, 5) is 2.67. The van der Waals surface area contributed by atoms with E-state index >= 15 is 0 Å². The van der Waals surface area contributed by atoms with E-state index in [4.69, 9.17) is 5.73 Å². The van der Waals surface area contributed by atoms with Crippen LogP contribution in [0.3, 0.4) is 0 Å². The maximum absolute atomic E-state index is 6.31. The summed E-state index contributed by atoms with van der Waals surface area (Å²) in [6.07, 6.45) is 7.71. The highest BCUT2D eigenvalue weighted by molar-refractivity contribution is 5.57. The number of fused-ring (bicyclic) bond motifs is 1. The zero-order valence-corrected chi connectivity index (χ0v) is 13.6. The van der Waals surface area contributed by atoms with E-state index in [1.165, 1.54) is 56.3 Å². The van der Waals surface area contributed by atoms with Gasteiger partial charge in [0.15, 0.2) is 0 Å². The van der Waals surface area contributed by atoms with Crippen LogP contribution in [-0.4, -0.2) is 18.6 Å². The van der Waals surface area contributed by atoms with Crippen molar-refractivity contribution in [2.75, 3.05) is 18.0 Å². The second-order valence-electron chi connectivity index (χ2n) is 7.39. The molecule has 0 spiro atoms. The number of para-hydroxylation sites is 1. The summed E-state index contributed by atoms with van der Waals surface area (Å²) in [5.74, 6) is 1.71.